The van der Waals surface area contributed by atoms with Crippen LogP contribution >= 0.6 is 7.82 Å². The molecule has 0 bridgehead atoms. The third kappa shape index (κ3) is 62.3. The minimum absolute atomic E-state index is 0.0146. The number of amides is 1. The van der Waals surface area contributed by atoms with Gasteiger partial charge in [-0.1, -0.05) is 326 Å². The zero-order valence-corrected chi connectivity index (χ0v) is 53.8. The lowest BCUT2D eigenvalue weighted by atomic mass is 10.0. The molecule has 0 fully saturated rings. The lowest BCUT2D eigenvalue weighted by Crippen LogP contribution is -2.46. The smallest absolute Gasteiger partial charge is 0.268 e. The molecule has 0 saturated heterocycles. The maximum absolute atomic E-state index is 13.0. The number of hydrogen-bond acceptors (Lipinski definition) is 6. The molecule has 2 N–H and O–H groups in total. The number of carbonyl (C=O) groups is 1. The molecule has 0 aromatic heterocycles. The molecule has 0 aromatic rings. The van der Waals surface area contributed by atoms with Gasteiger partial charge in [0, 0.05) is 6.42 Å². The summed E-state index contributed by atoms with van der Waals surface area (Å²) in [7, 11) is 1.32. The summed E-state index contributed by atoms with van der Waals surface area (Å²) < 4.78 is 23.5. The van der Waals surface area contributed by atoms with Gasteiger partial charge in [0.2, 0.25) is 5.91 Å². The molecule has 8 nitrogen and oxygen atoms in total. The van der Waals surface area contributed by atoms with Crippen LogP contribution in [0.25, 0.3) is 0 Å². The number of aliphatic hydroxyl groups excluding tert-OH is 1. The van der Waals surface area contributed by atoms with Crippen LogP contribution in [0.1, 0.15) is 348 Å². The fourth-order valence-electron chi connectivity index (χ4n) is 10.5. The van der Waals surface area contributed by atoms with Gasteiger partial charge in [-0.2, -0.15) is 0 Å². The van der Waals surface area contributed by atoms with Crippen LogP contribution in [-0.2, 0) is 18.4 Å². The van der Waals surface area contributed by atoms with Crippen molar-refractivity contribution in [2.45, 2.75) is 360 Å². The minimum Gasteiger partial charge on any atom is -0.756 e. The molecular weight excluding hydrogens is 984 g/mol. The second-order valence-electron chi connectivity index (χ2n) is 24.9. The predicted octanol–water partition coefficient (Wildman–Crippen LogP) is 21.0. The van der Waals surface area contributed by atoms with Crippen molar-refractivity contribution < 1.29 is 32.9 Å². The number of likely N-dealkylation sites (N-methyl/N-ethyl adjacent to an activating group) is 1. The van der Waals surface area contributed by atoms with Crippen molar-refractivity contribution in [2.24, 2.45) is 0 Å². The first-order valence-corrected chi connectivity index (χ1v) is 35.8. The van der Waals surface area contributed by atoms with E-state index in [4.69, 9.17) is 9.05 Å². The molecule has 0 aliphatic heterocycles. The van der Waals surface area contributed by atoms with Crippen molar-refractivity contribution in [3.63, 3.8) is 0 Å². The average Bonchev–Trinajstić information content (AvgIpc) is 3.41. The van der Waals surface area contributed by atoms with Crippen molar-refractivity contribution in [3.8, 4) is 0 Å². The van der Waals surface area contributed by atoms with Gasteiger partial charge >= 0.3 is 0 Å². The van der Waals surface area contributed by atoms with Crippen LogP contribution in [0.2, 0.25) is 0 Å². The van der Waals surface area contributed by atoms with Gasteiger partial charge in [-0.05, 0) is 51.4 Å². The van der Waals surface area contributed by atoms with Gasteiger partial charge in [-0.3, -0.25) is 9.36 Å². The Morgan fingerprint density at radius 2 is 0.744 bits per heavy atom. The summed E-state index contributed by atoms with van der Waals surface area (Å²) in [5.74, 6) is -0.157. The third-order valence-electron chi connectivity index (χ3n) is 15.9. The first-order valence-electron chi connectivity index (χ1n) is 34.3. The average molecular weight is 1120 g/mol. The highest BCUT2D eigenvalue weighted by atomic mass is 31.2. The van der Waals surface area contributed by atoms with Gasteiger partial charge in [-0.15, -0.1) is 0 Å². The van der Waals surface area contributed by atoms with E-state index < -0.39 is 20.0 Å². The Hall–Kier alpha value is -1.28. The first-order chi connectivity index (χ1) is 38.0. The van der Waals surface area contributed by atoms with E-state index in [0.717, 1.165) is 51.4 Å². The molecule has 0 saturated carbocycles. The lowest BCUT2D eigenvalue weighted by Gasteiger charge is -2.30. The van der Waals surface area contributed by atoms with Crippen LogP contribution in [0.5, 0.6) is 0 Å². The van der Waals surface area contributed by atoms with E-state index in [9.17, 15) is 19.4 Å². The van der Waals surface area contributed by atoms with E-state index in [1.807, 2.05) is 21.1 Å². The predicted molar refractivity (Wildman–Crippen MR) is 339 cm³/mol. The van der Waals surface area contributed by atoms with Gasteiger partial charge in [0.1, 0.15) is 13.2 Å². The second kappa shape index (κ2) is 60.3. The Morgan fingerprint density at radius 3 is 1.08 bits per heavy atom. The Labute approximate surface area is 487 Å². The van der Waals surface area contributed by atoms with E-state index in [0.29, 0.717) is 23.9 Å². The van der Waals surface area contributed by atoms with Crippen molar-refractivity contribution in [3.05, 3.63) is 36.5 Å². The maximum Gasteiger partial charge on any atom is 0.268 e. The van der Waals surface area contributed by atoms with Crippen LogP contribution in [-0.4, -0.2) is 68.5 Å². The summed E-state index contributed by atoms with van der Waals surface area (Å²) in [5.41, 5.74) is 0. The van der Waals surface area contributed by atoms with Crippen LogP contribution in [0, 0.1) is 0 Å². The number of nitrogens with one attached hydrogen (secondary N) is 1. The van der Waals surface area contributed by atoms with Crippen LogP contribution in [0.15, 0.2) is 36.5 Å². The summed E-state index contributed by atoms with van der Waals surface area (Å²) in [4.78, 5) is 25.6. The summed E-state index contributed by atoms with van der Waals surface area (Å²) in [6.07, 6.45) is 79.3. The number of phosphoric acid groups is 1. The number of quaternary nitrogens is 1. The summed E-state index contributed by atoms with van der Waals surface area (Å²) in [6, 6.07) is -0.799. The molecule has 1 amide bonds. The summed E-state index contributed by atoms with van der Waals surface area (Å²) in [6.45, 7) is 4.76. The Morgan fingerprint density at radius 1 is 0.449 bits per heavy atom. The van der Waals surface area contributed by atoms with E-state index in [1.54, 1.807) is 0 Å². The molecule has 78 heavy (non-hydrogen) atoms. The molecule has 0 aromatic carbocycles. The van der Waals surface area contributed by atoms with Gasteiger partial charge in [0.15, 0.2) is 0 Å². The lowest BCUT2D eigenvalue weighted by molar-refractivity contribution is -0.870. The fraction of sp³-hybridized carbons (Fsp3) is 0.899. The fourth-order valence-corrected chi connectivity index (χ4v) is 11.2. The summed E-state index contributed by atoms with van der Waals surface area (Å²) in [5, 5.41) is 14.1. The molecule has 462 valence electrons. The van der Waals surface area contributed by atoms with Crippen LogP contribution in [0.4, 0.5) is 0 Å². The molecule has 0 heterocycles. The van der Waals surface area contributed by atoms with Gasteiger partial charge in [0.25, 0.3) is 7.82 Å². The molecule has 0 radical (unpaired) electrons. The molecule has 0 rings (SSSR count). The zero-order valence-electron chi connectivity index (χ0n) is 52.9. The monoisotopic (exact) mass is 1120 g/mol. The minimum atomic E-state index is -4.58. The van der Waals surface area contributed by atoms with Crippen molar-refractivity contribution in [1.82, 2.24) is 5.32 Å². The topological polar surface area (TPSA) is 108 Å². The molecule has 9 heteroatoms. The Kier molecular flexibility index (Phi) is 59.3. The van der Waals surface area contributed by atoms with E-state index in [2.05, 4.69) is 55.6 Å². The SMILES string of the molecule is CCCCCCC/C=C\C/C=C\C/C=C\CCCCCCCCCCCCCCCCCCCCCCCCC(=O)NC(COP(=O)([O-])OCC[N+](C)(C)C)C(O)CCCCCCCCCCCCCCCCCCCCC. The number of rotatable bonds is 64. The van der Waals surface area contributed by atoms with E-state index in [1.165, 1.54) is 270 Å². The Balaban J connectivity index is 3.94. The highest BCUT2D eigenvalue weighted by Crippen LogP contribution is 2.38. The zero-order chi connectivity index (χ0) is 57.0. The summed E-state index contributed by atoms with van der Waals surface area (Å²) >= 11 is 0. The quantitative estimate of drug-likeness (QED) is 0.0272. The molecule has 0 spiro atoms. The number of phosphoric ester groups is 1. The number of aliphatic hydroxyl groups is 1. The molecule has 0 aliphatic rings. The number of nitrogens with zero attached hydrogens (tertiary/aromatic N) is 1. The van der Waals surface area contributed by atoms with Crippen molar-refractivity contribution in [2.75, 3.05) is 40.9 Å². The Bertz CT molecular complexity index is 1360. The van der Waals surface area contributed by atoms with Crippen molar-refractivity contribution in [1.29, 1.82) is 0 Å². The number of unbranched alkanes of at least 4 members (excludes halogenated alkanes) is 45. The molecule has 3 unspecified atom stereocenters. The number of allylic oxidation sites excluding steroid dienone is 6. The molecule has 3 atom stereocenters. The largest absolute Gasteiger partial charge is 0.756 e. The van der Waals surface area contributed by atoms with Gasteiger partial charge in [0.05, 0.1) is 39.9 Å². The van der Waals surface area contributed by atoms with Gasteiger partial charge in [-0.25, -0.2) is 0 Å². The first kappa shape index (κ1) is 76.7. The highest BCUT2D eigenvalue weighted by Gasteiger charge is 2.24. The second-order valence-corrected chi connectivity index (χ2v) is 26.3. The normalized spacial score (nSPS) is 13.9. The standard InChI is InChI=1S/C69H135N2O6P/c1-6-8-10-12-14-16-18-20-22-24-26-27-28-29-30-31-32-33-34-35-36-37-38-39-40-41-42-43-45-47-49-51-53-55-57-59-61-63-69(73)70-67(66-77-78(74,75)76-65-64-71(3,4)5)68(72)62-60-58-56-54-52-50-48-46-44-25-23-21-19-17-15-13-11-9-7-2/h18,20,24,26,28-29,67-68,72H,6-17,19,21-23,25,27,30-66H2,1-5H3,(H-,70,73,74,75)/b20-18-,26-24-,29-28-. The van der Waals surface area contributed by atoms with Crippen LogP contribution in [0.3, 0.4) is 0 Å². The number of carbonyl (C=O) groups excluding carboxylic acids is 1. The van der Waals surface area contributed by atoms with E-state index >= 15 is 0 Å². The van der Waals surface area contributed by atoms with Crippen molar-refractivity contribution >= 4 is 13.7 Å². The molecular formula is C69H135N2O6P. The van der Waals surface area contributed by atoms with Crippen LogP contribution < -0.4 is 10.2 Å². The highest BCUT2D eigenvalue weighted by molar-refractivity contribution is 7.45. The van der Waals surface area contributed by atoms with Gasteiger partial charge < -0.3 is 28.8 Å². The number of hydrogen-bond donors (Lipinski definition) is 2. The molecule has 0 aliphatic carbocycles. The maximum atomic E-state index is 13.0. The third-order valence-corrected chi connectivity index (χ3v) is 16.8. The van der Waals surface area contributed by atoms with E-state index in [-0.39, 0.29) is 19.1 Å².